The van der Waals surface area contributed by atoms with Crippen molar-refractivity contribution in [1.82, 2.24) is 0 Å². The van der Waals surface area contributed by atoms with Crippen molar-refractivity contribution in [2.45, 2.75) is 43.0 Å². The molecule has 0 heterocycles. The fourth-order valence-corrected chi connectivity index (χ4v) is 3.85. The fraction of sp³-hybridized carbons (Fsp3) is 1.00. The molecule has 0 saturated heterocycles. The molecule has 11 heavy (non-hydrogen) atoms. The van der Waals surface area contributed by atoms with Crippen LogP contribution in [0.1, 0.15) is 39.5 Å². The molecule has 3 atom stereocenters. The molecule has 2 aliphatic rings. The van der Waals surface area contributed by atoms with Gasteiger partial charge >= 0.3 is 0 Å². The molecule has 0 radical (unpaired) electrons. The van der Waals surface area contributed by atoms with Crippen LogP contribution in [-0.4, -0.2) is 3.42 Å². The molecule has 2 fully saturated rings. The van der Waals surface area contributed by atoms with Gasteiger partial charge in [-0.1, -0.05) is 42.9 Å². The Morgan fingerprint density at radius 1 is 1.18 bits per heavy atom. The lowest BCUT2D eigenvalue weighted by Gasteiger charge is -2.32. The second kappa shape index (κ2) is 2.61. The molecule has 64 valence electrons. The lowest BCUT2D eigenvalue weighted by Crippen LogP contribution is -2.28. The van der Waals surface area contributed by atoms with Crippen molar-refractivity contribution in [3.8, 4) is 0 Å². The highest BCUT2D eigenvalue weighted by Crippen LogP contribution is 2.54. The molecule has 1 heteroatoms. The Labute approximate surface area is 83.3 Å². The summed E-state index contributed by atoms with van der Waals surface area (Å²) in [5, 5.41) is 0. The van der Waals surface area contributed by atoms with E-state index in [9.17, 15) is 0 Å². The number of alkyl halides is 1. The van der Waals surface area contributed by atoms with Gasteiger partial charge in [0, 0.05) is 3.42 Å². The summed E-state index contributed by atoms with van der Waals surface area (Å²) in [6.45, 7) is 4.80. The monoisotopic (exact) mass is 264 g/mol. The molecule has 0 aromatic carbocycles. The molecule has 0 spiro atoms. The molecule has 0 aromatic heterocycles. The molecule has 0 aliphatic heterocycles. The Kier molecular flexibility index (Phi) is 1.98. The summed E-state index contributed by atoms with van der Waals surface area (Å²) in [6.07, 6.45) is 6.15. The third kappa shape index (κ3) is 1.45. The van der Waals surface area contributed by atoms with Crippen LogP contribution in [0.3, 0.4) is 0 Å². The summed E-state index contributed by atoms with van der Waals surface area (Å²) in [6, 6.07) is 0. The second-order valence-electron chi connectivity index (χ2n) is 4.85. The number of halogens is 1. The average Bonchev–Trinajstić information content (AvgIpc) is 2.42. The zero-order chi connectivity index (χ0) is 8.06. The topological polar surface area (TPSA) is 0 Å². The quantitative estimate of drug-likeness (QED) is 0.501. The molecule has 2 rings (SSSR count). The third-order valence-electron chi connectivity index (χ3n) is 3.62. The molecule has 2 bridgehead atoms. The highest BCUT2D eigenvalue weighted by Gasteiger charge is 2.45. The van der Waals surface area contributed by atoms with Crippen molar-refractivity contribution in [1.29, 1.82) is 0 Å². The van der Waals surface area contributed by atoms with Crippen LogP contribution in [0.25, 0.3) is 0 Å². The van der Waals surface area contributed by atoms with Crippen LogP contribution in [0.5, 0.6) is 0 Å². The third-order valence-corrected chi connectivity index (χ3v) is 4.42. The van der Waals surface area contributed by atoms with E-state index in [4.69, 9.17) is 0 Å². The van der Waals surface area contributed by atoms with Crippen molar-refractivity contribution in [2.75, 3.05) is 0 Å². The minimum absolute atomic E-state index is 0.553. The SMILES string of the molecule is CC(C)(I)C1CC2CCC1C2. The predicted octanol–water partition coefficient (Wildman–Crippen LogP) is 3.64. The maximum atomic E-state index is 2.64. The van der Waals surface area contributed by atoms with Gasteiger partial charge in [0.1, 0.15) is 0 Å². The number of hydrogen-bond donors (Lipinski definition) is 0. The van der Waals surface area contributed by atoms with E-state index in [0.717, 1.165) is 17.8 Å². The maximum Gasteiger partial charge on any atom is 0.0197 e. The van der Waals surface area contributed by atoms with Crippen molar-refractivity contribution in [3.63, 3.8) is 0 Å². The summed E-state index contributed by atoms with van der Waals surface area (Å²) in [4.78, 5) is 0. The van der Waals surface area contributed by atoms with Gasteiger partial charge in [-0.3, -0.25) is 0 Å². The summed E-state index contributed by atoms with van der Waals surface area (Å²) in [5.41, 5.74) is 0. The van der Waals surface area contributed by atoms with Crippen molar-refractivity contribution < 1.29 is 0 Å². The van der Waals surface area contributed by atoms with E-state index in [-0.39, 0.29) is 0 Å². The van der Waals surface area contributed by atoms with Crippen LogP contribution >= 0.6 is 22.6 Å². The Hall–Kier alpha value is 0.730. The molecule has 0 nitrogen and oxygen atoms in total. The predicted molar refractivity (Wildman–Crippen MR) is 57.0 cm³/mol. The van der Waals surface area contributed by atoms with Gasteiger partial charge in [0.05, 0.1) is 0 Å². The molecule has 2 saturated carbocycles. The van der Waals surface area contributed by atoms with E-state index in [1.807, 2.05) is 0 Å². The van der Waals surface area contributed by atoms with Crippen LogP contribution in [0.2, 0.25) is 0 Å². The smallest absolute Gasteiger partial charge is 0.0197 e. The minimum atomic E-state index is 0.553. The Balaban J connectivity index is 2.08. The number of fused-ring (bicyclic) bond motifs is 2. The van der Waals surface area contributed by atoms with Gasteiger partial charge in [-0.25, -0.2) is 0 Å². The minimum Gasteiger partial charge on any atom is -0.0792 e. The Morgan fingerprint density at radius 3 is 2.18 bits per heavy atom. The lowest BCUT2D eigenvalue weighted by molar-refractivity contribution is 0.290. The first-order valence-electron chi connectivity index (χ1n) is 4.76. The lowest BCUT2D eigenvalue weighted by atomic mass is 9.81. The van der Waals surface area contributed by atoms with E-state index in [1.165, 1.54) is 19.3 Å². The average molecular weight is 264 g/mol. The molecule has 0 aromatic rings. The molecule has 2 aliphatic carbocycles. The van der Waals surface area contributed by atoms with Gasteiger partial charge in [-0.2, -0.15) is 0 Å². The molecular formula is C10H17I. The van der Waals surface area contributed by atoms with E-state index in [0.29, 0.717) is 3.42 Å². The summed E-state index contributed by atoms with van der Waals surface area (Å²) in [5.74, 6) is 3.23. The normalized spacial score (nSPS) is 43.4. The first-order chi connectivity index (χ1) is 5.07. The van der Waals surface area contributed by atoms with Gasteiger partial charge in [0.2, 0.25) is 0 Å². The molecule has 3 unspecified atom stereocenters. The number of rotatable bonds is 1. The summed E-state index contributed by atoms with van der Waals surface area (Å²) < 4.78 is 0.553. The van der Waals surface area contributed by atoms with Gasteiger partial charge in [-0.05, 0) is 37.0 Å². The number of hydrogen-bond acceptors (Lipinski definition) is 0. The molecule has 0 N–H and O–H groups in total. The van der Waals surface area contributed by atoms with Crippen molar-refractivity contribution in [3.05, 3.63) is 0 Å². The van der Waals surface area contributed by atoms with Crippen LogP contribution < -0.4 is 0 Å². The van der Waals surface area contributed by atoms with Crippen LogP contribution in [0, 0.1) is 17.8 Å². The van der Waals surface area contributed by atoms with E-state index >= 15 is 0 Å². The Bertz CT molecular complexity index is 157. The van der Waals surface area contributed by atoms with Crippen molar-refractivity contribution in [2.24, 2.45) is 17.8 Å². The highest BCUT2D eigenvalue weighted by molar-refractivity contribution is 14.1. The highest BCUT2D eigenvalue weighted by atomic mass is 127. The molecule has 0 amide bonds. The van der Waals surface area contributed by atoms with Crippen LogP contribution in [0.4, 0.5) is 0 Å². The van der Waals surface area contributed by atoms with Crippen LogP contribution in [0.15, 0.2) is 0 Å². The Morgan fingerprint density at radius 2 is 1.91 bits per heavy atom. The standard InChI is InChI=1S/C10H17I/c1-10(2,11)9-6-7-3-4-8(9)5-7/h7-9H,3-6H2,1-2H3. The van der Waals surface area contributed by atoms with Gasteiger partial charge in [0.25, 0.3) is 0 Å². The zero-order valence-electron chi connectivity index (χ0n) is 7.44. The largest absolute Gasteiger partial charge is 0.0792 e. The van der Waals surface area contributed by atoms with Gasteiger partial charge in [0.15, 0.2) is 0 Å². The first kappa shape index (κ1) is 8.33. The molecular weight excluding hydrogens is 247 g/mol. The van der Waals surface area contributed by atoms with Gasteiger partial charge in [-0.15, -0.1) is 0 Å². The van der Waals surface area contributed by atoms with E-state index in [2.05, 4.69) is 36.4 Å². The van der Waals surface area contributed by atoms with Crippen molar-refractivity contribution >= 4 is 22.6 Å². The van der Waals surface area contributed by atoms with Crippen LogP contribution in [-0.2, 0) is 0 Å². The second-order valence-corrected chi connectivity index (χ2v) is 7.63. The summed E-state index contributed by atoms with van der Waals surface area (Å²) in [7, 11) is 0. The maximum absolute atomic E-state index is 2.64. The first-order valence-corrected chi connectivity index (χ1v) is 5.84. The summed E-state index contributed by atoms with van der Waals surface area (Å²) >= 11 is 2.64. The van der Waals surface area contributed by atoms with E-state index < -0.39 is 0 Å². The fourth-order valence-electron chi connectivity index (χ4n) is 3.09. The van der Waals surface area contributed by atoms with Gasteiger partial charge < -0.3 is 0 Å². The zero-order valence-corrected chi connectivity index (χ0v) is 9.60. The van der Waals surface area contributed by atoms with E-state index in [1.54, 1.807) is 6.42 Å².